The van der Waals surface area contributed by atoms with Crippen LogP contribution in [0.15, 0.2) is 42.5 Å². The molecule has 0 saturated carbocycles. The molecule has 0 bridgehead atoms. The van der Waals surface area contributed by atoms with E-state index in [0.29, 0.717) is 6.42 Å². The lowest BCUT2D eigenvalue weighted by Gasteiger charge is -2.16. The van der Waals surface area contributed by atoms with E-state index in [9.17, 15) is 14.5 Å². The Kier molecular flexibility index (Phi) is 3.43. The van der Waals surface area contributed by atoms with Crippen molar-refractivity contribution in [3.8, 4) is 0 Å². The molecule has 2 unspecified atom stereocenters. The van der Waals surface area contributed by atoms with Crippen LogP contribution >= 0.6 is 0 Å². The number of nitro benzene ring substituents is 1. The highest BCUT2D eigenvalue weighted by atomic mass is 19.1. The van der Waals surface area contributed by atoms with Gasteiger partial charge in [0.25, 0.3) is 0 Å². The van der Waals surface area contributed by atoms with E-state index in [4.69, 9.17) is 5.73 Å². The predicted molar refractivity (Wildman–Crippen MR) is 77.3 cm³/mol. The maximum Gasteiger partial charge on any atom is 0.304 e. The Morgan fingerprint density at radius 2 is 2.05 bits per heavy atom. The van der Waals surface area contributed by atoms with Crippen LogP contribution < -0.4 is 5.73 Å². The van der Waals surface area contributed by atoms with E-state index in [1.54, 1.807) is 6.07 Å². The Labute approximate surface area is 121 Å². The van der Waals surface area contributed by atoms with Crippen molar-refractivity contribution in [1.82, 2.24) is 0 Å². The number of fused-ring (bicyclic) bond motifs is 1. The van der Waals surface area contributed by atoms with Crippen LogP contribution in [0.2, 0.25) is 0 Å². The number of hydrogen-bond donors (Lipinski definition) is 1. The largest absolute Gasteiger partial charge is 0.324 e. The summed E-state index contributed by atoms with van der Waals surface area (Å²) in [6, 6.07) is 12.0. The van der Waals surface area contributed by atoms with E-state index in [1.165, 1.54) is 17.7 Å². The molecule has 0 saturated heterocycles. The number of nitrogens with zero attached hydrogens (tertiary/aromatic N) is 1. The minimum atomic E-state index is -0.790. The van der Waals surface area contributed by atoms with Crippen molar-refractivity contribution in [1.29, 1.82) is 0 Å². The molecule has 1 aliphatic carbocycles. The number of nitrogens with two attached hydrogens (primary N) is 1. The van der Waals surface area contributed by atoms with Gasteiger partial charge in [-0.2, -0.15) is 4.39 Å². The zero-order chi connectivity index (χ0) is 15.0. The molecule has 2 N–H and O–H groups in total. The fourth-order valence-corrected chi connectivity index (χ4v) is 3.04. The molecule has 2 aromatic rings. The normalized spacial score (nSPS) is 20.3. The molecule has 0 amide bonds. The van der Waals surface area contributed by atoms with Crippen LogP contribution in [0.4, 0.5) is 10.1 Å². The maximum atomic E-state index is 13.7. The van der Waals surface area contributed by atoms with Gasteiger partial charge in [-0.1, -0.05) is 30.3 Å². The first-order chi connectivity index (χ1) is 10.1. The third-order valence-electron chi connectivity index (χ3n) is 4.11. The predicted octanol–water partition coefficient (Wildman–Crippen LogP) is 3.15. The summed E-state index contributed by atoms with van der Waals surface area (Å²) in [4.78, 5) is 9.91. The minimum Gasteiger partial charge on any atom is -0.324 e. The van der Waals surface area contributed by atoms with Crippen LogP contribution in [0, 0.1) is 21.8 Å². The third-order valence-corrected chi connectivity index (χ3v) is 4.11. The van der Waals surface area contributed by atoms with Crippen molar-refractivity contribution in [3.63, 3.8) is 0 Å². The molecular weight excluding hydrogens is 271 g/mol. The molecule has 5 heteroatoms. The van der Waals surface area contributed by atoms with Crippen molar-refractivity contribution in [2.75, 3.05) is 0 Å². The molecule has 1 aliphatic rings. The molecule has 21 heavy (non-hydrogen) atoms. The van der Waals surface area contributed by atoms with E-state index in [2.05, 4.69) is 6.07 Å². The molecule has 2 aromatic carbocycles. The monoisotopic (exact) mass is 286 g/mol. The highest BCUT2D eigenvalue weighted by molar-refractivity contribution is 5.38. The van der Waals surface area contributed by atoms with E-state index in [1.807, 2.05) is 18.2 Å². The second-order valence-electron chi connectivity index (χ2n) is 5.44. The Bertz CT molecular complexity index is 702. The fourth-order valence-electron chi connectivity index (χ4n) is 3.04. The molecular formula is C16H15FN2O2. The van der Waals surface area contributed by atoms with Crippen LogP contribution in [-0.2, 0) is 12.8 Å². The lowest BCUT2D eigenvalue weighted by atomic mass is 9.93. The number of rotatable bonds is 3. The molecule has 4 nitrogen and oxygen atoms in total. The highest BCUT2D eigenvalue weighted by Crippen LogP contribution is 2.36. The van der Waals surface area contributed by atoms with Gasteiger partial charge < -0.3 is 5.73 Å². The average molecular weight is 286 g/mol. The second kappa shape index (κ2) is 5.26. The number of benzene rings is 2. The summed E-state index contributed by atoms with van der Waals surface area (Å²) in [5.74, 6) is -0.593. The second-order valence-corrected chi connectivity index (χ2v) is 5.44. The van der Waals surface area contributed by atoms with Gasteiger partial charge in [0.05, 0.1) is 4.92 Å². The smallest absolute Gasteiger partial charge is 0.304 e. The number of hydrogen-bond acceptors (Lipinski definition) is 3. The molecule has 0 radical (unpaired) electrons. The molecule has 3 rings (SSSR count). The third kappa shape index (κ3) is 2.52. The van der Waals surface area contributed by atoms with Crippen molar-refractivity contribution in [2.45, 2.75) is 18.9 Å². The van der Waals surface area contributed by atoms with Crippen molar-refractivity contribution in [3.05, 3.63) is 75.1 Å². The standard InChI is InChI=1S/C16H15FN2O2/c17-14-8-10(5-6-15(14)19(20)21)7-12-9-11-3-1-2-4-13(11)16(12)18/h1-6,8,12,16H,7,9,18H2. The highest BCUT2D eigenvalue weighted by Gasteiger charge is 2.29. The van der Waals surface area contributed by atoms with Gasteiger partial charge in [-0.15, -0.1) is 0 Å². The lowest BCUT2D eigenvalue weighted by molar-refractivity contribution is -0.387. The minimum absolute atomic E-state index is 0.0700. The van der Waals surface area contributed by atoms with Crippen LogP contribution in [-0.4, -0.2) is 4.92 Å². The Hall–Kier alpha value is -2.27. The first-order valence-electron chi connectivity index (χ1n) is 6.82. The summed E-state index contributed by atoms with van der Waals surface area (Å²) in [5, 5.41) is 10.6. The van der Waals surface area contributed by atoms with E-state index in [-0.39, 0.29) is 12.0 Å². The van der Waals surface area contributed by atoms with Crippen molar-refractivity contribution >= 4 is 5.69 Å². The van der Waals surface area contributed by atoms with Gasteiger partial charge in [-0.25, -0.2) is 0 Å². The van der Waals surface area contributed by atoms with E-state index < -0.39 is 16.4 Å². The quantitative estimate of drug-likeness (QED) is 0.696. The number of halogens is 1. The van der Waals surface area contributed by atoms with Crippen molar-refractivity contribution in [2.24, 2.45) is 11.7 Å². The van der Waals surface area contributed by atoms with Crippen LogP contribution in [0.3, 0.4) is 0 Å². The fraction of sp³-hybridized carbons (Fsp3) is 0.250. The van der Waals surface area contributed by atoms with Gasteiger partial charge in [-0.05, 0) is 41.5 Å². The first-order valence-corrected chi connectivity index (χ1v) is 6.82. The summed E-state index contributed by atoms with van der Waals surface area (Å²) in [6.07, 6.45) is 1.47. The van der Waals surface area contributed by atoms with Gasteiger partial charge in [0, 0.05) is 12.1 Å². The van der Waals surface area contributed by atoms with Gasteiger partial charge >= 0.3 is 5.69 Å². The summed E-state index contributed by atoms with van der Waals surface area (Å²) in [7, 11) is 0. The van der Waals surface area contributed by atoms with Crippen LogP contribution in [0.25, 0.3) is 0 Å². The molecule has 0 spiro atoms. The zero-order valence-corrected chi connectivity index (χ0v) is 11.3. The van der Waals surface area contributed by atoms with Gasteiger partial charge in [0.2, 0.25) is 5.82 Å². The van der Waals surface area contributed by atoms with Gasteiger partial charge in [0.1, 0.15) is 0 Å². The zero-order valence-electron chi connectivity index (χ0n) is 11.3. The Morgan fingerprint density at radius 1 is 1.29 bits per heavy atom. The van der Waals surface area contributed by atoms with Gasteiger partial charge in [-0.3, -0.25) is 10.1 Å². The number of nitro groups is 1. The first kappa shape index (κ1) is 13.7. The Morgan fingerprint density at radius 3 is 2.71 bits per heavy atom. The van der Waals surface area contributed by atoms with E-state index >= 15 is 0 Å². The summed E-state index contributed by atoms with van der Waals surface area (Å²) in [6.45, 7) is 0. The Balaban J connectivity index is 1.80. The molecule has 0 aliphatic heterocycles. The summed E-state index contributed by atoms with van der Waals surface area (Å²) < 4.78 is 13.7. The molecule has 0 heterocycles. The molecule has 2 atom stereocenters. The van der Waals surface area contributed by atoms with Crippen LogP contribution in [0.5, 0.6) is 0 Å². The molecule has 108 valence electrons. The van der Waals surface area contributed by atoms with Crippen LogP contribution in [0.1, 0.15) is 22.7 Å². The summed E-state index contributed by atoms with van der Waals surface area (Å²) in [5.41, 5.74) is 8.88. The van der Waals surface area contributed by atoms with Crippen molar-refractivity contribution < 1.29 is 9.31 Å². The van der Waals surface area contributed by atoms with E-state index in [0.717, 1.165) is 17.5 Å². The lowest BCUT2D eigenvalue weighted by Crippen LogP contribution is -2.19. The average Bonchev–Trinajstić information content (AvgIpc) is 2.76. The topological polar surface area (TPSA) is 69.2 Å². The van der Waals surface area contributed by atoms with Gasteiger partial charge in [0.15, 0.2) is 0 Å². The molecule has 0 aromatic heterocycles. The molecule has 0 fully saturated rings. The maximum absolute atomic E-state index is 13.7. The summed E-state index contributed by atoms with van der Waals surface area (Å²) >= 11 is 0. The SMILES string of the molecule is NC1c2ccccc2CC1Cc1ccc([N+](=O)[O-])c(F)c1.